The van der Waals surface area contributed by atoms with E-state index in [1.165, 1.54) is 6.20 Å². The fourth-order valence-corrected chi connectivity index (χ4v) is 3.92. The Morgan fingerprint density at radius 1 is 1.18 bits per heavy atom. The molecule has 0 unspecified atom stereocenters. The van der Waals surface area contributed by atoms with Gasteiger partial charge in [-0.05, 0) is 57.4 Å². The maximum Gasteiger partial charge on any atom is 0.330 e. The molecule has 7 nitrogen and oxygen atoms in total. The van der Waals surface area contributed by atoms with Crippen molar-refractivity contribution in [3.05, 3.63) is 41.6 Å². The molecule has 1 spiro atoms. The monoisotopic (exact) mass is 379 g/mol. The summed E-state index contributed by atoms with van der Waals surface area (Å²) < 4.78 is 12.0. The molecule has 0 bridgehead atoms. The van der Waals surface area contributed by atoms with Crippen LogP contribution in [0.5, 0.6) is 17.2 Å². The summed E-state index contributed by atoms with van der Waals surface area (Å²) in [6.07, 6.45) is 3.75. The number of urea groups is 1. The molecular weight excluding hydrogens is 358 g/mol. The molecule has 2 aromatic rings. The molecule has 1 saturated heterocycles. The minimum absolute atomic E-state index is 0.0930. The number of pyridine rings is 1. The van der Waals surface area contributed by atoms with Gasteiger partial charge in [-0.15, -0.1) is 0 Å². The van der Waals surface area contributed by atoms with Crippen LogP contribution in [0.15, 0.2) is 30.5 Å². The van der Waals surface area contributed by atoms with Gasteiger partial charge in [0.25, 0.3) is 5.91 Å². The van der Waals surface area contributed by atoms with Crippen molar-refractivity contribution in [2.24, 2.45) is 0 Å². The summed E-state index contributed by atoms with van der Waals surface area (Å²) in [5.41, 5.74) is 1.41. The Bertz CT molecular complexity index is 1010. The zero-order valence-electron chi connectivity index (χ0n) is 16.0. The lowest BCUT2D eigenvalue weighted by molar-refractivity contribution is -0.121. The van der Waals surface area contributed by atoms with E-state index < -0.39 is 11.6 Å². The van der Waals surface area contributed by atoms with Crippen molar-refractivity contribution in [3.63, 3.8) is 0 Å². The molecule has 144 valence electrons. The van der Waals surface area contributed by atoms with E-state index in [1.807, 2.05) is 19.1 Å². The largest absolute Gasteiger partial charge is 0.492 e. The zero-order valence-corrected chi connectivity index (χ0v) is 16.0. The van der Waals surface area contributed by atoms with E-state index in [4.69, 9.17) is 9.47 Å². The summed E-state index contributed by atoms with van der Waals surface area (Å²) in [5, 5.41) is 2.65. The van der Waals surface area contributed by atoms with Gasteiger partial charge < -0.3 is 14.8 Å². The number of ether oxygens (including phenoxy) is 2. The highest BCUT2D eigenvalue weighted by Gasteiger charge is 2.53. The Hall–Kier alpha value is -3.09. The number of fused-ring (bicyclic) bond motifs is 2. The molecule has 3 heterocycles. The molecule has 3 aliphatic rings. The van der Waals surface area contributed by atoms with E-state index in [9.17, 15) is 9.59 Å². The third-order valence-electron chi connectivity index (χ3n) is 5.73. The van der Waals surface area contributed by atoms with E-state index in [1.54, 1.807) is 26.0 Å². The van der Waals surface area contributed by atoms with Crippen LogP contribution in [0.1, 0.15) is 37.8 Å². The number of aromatic nitrogens is 1. The summed E-state index contributed by atoms with van der Waals surface area (Å²) in [6.45, 7) is 6.08. The lowest BCUT2D eigenvalue weighted by Gasteiger charge is -2.16. The van der Waals surface area contributed by atoms with Crippen molar-refractivity contribution in [3.8, 4) is 17.2 Å². The second kappa shape index (κ2) is 5.47. The number of anilines is 1. The topological polar surface area (TPSA) is 80.8 Å². The third kappa shape index (κ3) is 2.38. The van der Waals surface area contributed by atoms with Crippen LogP contribution in [0.4, 0.5) is 10.6 Å². The molecule has 5 rings (SSSR count). The van der Waals surface area contributed by atoms with Crippen molar-refractivity contribution >= 4 is 17.8 Å². The van der Waals surface area contributed by atoms with E-state index in [0.29, 0.717) is 12.4 Å². The molecule has 1 aromatic heterocycles. The van der Waals surface area contributed by atoms with E-state index in [2.05, 4.69) is 10.3 Å². The first kappa shape index (κ1) is 17.0. The maximum absolute atomic E-state index is 12.4. The Morgan fingerprint density at radius 3 is 2.57 bits per heavy atom. The summed E-state index contributed by atoms with van der Waals surface area (Å²) in [5.74, 6) is 2.20. The fourth-order valence-electron chi connectivity index (χ4n) is 3.92. The Balaban J connectivity index is 1.43. The second-order valence-corrected chi connectivity index (χ2v) is 8.30. The molecule has 0 radical (unpaired) electrons. The van der Waals surface area contributed by atoms with Gasteiger partial charge >= 0.3 is 6.03 Å². The number of carbonyl (C=O) groups excluding carboxylic acids is 2. The van der Waals surface area contributed by atoms with Crippen LogP contribution in [-0.2, 0) is 10.2 Å². The Labute approximate surface area is 162 Å². The zero-order chi connectivity index (χ0) is 19.7. The van der Waals surface area contributed by atoms with Gasteiger partial charge in [-0.25, -0.2) is 14.7 Å². The number of hydrogen-bond donors (Lipinski definition) is 1. The molecule has 1 aliphatic carbocycles. The standard InChI is InChI=1S/C21H21N3O4/c1-12-4-6-14(16-17(12)27-11-21(16)8-9-21)28-13-5-7-15(22-10-13)24-18(25)20(2,3)23-19(24)26/h4-7,10H,8-9,11H2,1-3H3,(H,23,26). The number of carbonyl (C=O) groups is 2. The Kier molecular flexibility index (Phi) is 3.33. The summed E-state index contributed by atoms with van der Waals surface area (Å²) in [7, 11) is 0. The first-order chi connectivity index (χ1) is 13.3. The minimum Gasteiger partial charge on any atom is -0.492 e. The first-order valence-electron chi connectivity index (χ1n) is 9.38. The number of amides is 3. The van der Waals surface area contributed by atoms with Crippen molar-refractivity contribution < 1.29 is 19.1 Å². The molecule has 1 saturated carbocycles. The van der Waals surface area contributed by atoms with Crippen LogP contribution in [0, 0.1) is 6.92 Å². The predicted molar refractivity (Wildman–Crippen MR) is 102 cm³/mol. The third-order valence-corrected chi connectivity index (χ3v) is 5.73. The second-order valence-electron chi connectivity index (χ2n) is 8.30. The normalized spacial score (nSPS) is 20.8. The highest BCUT2D eigenvalue weighted by molar-refractivity contribution is 6.22. The minimum atomic E-state index is -0.936. The smallest absolute Gasteiger partial charge is 0.330 e. The van der Waals surface area contributed by atoms with E-state index >= 15 is 0 Å². The number of hydrogen-bond acceptors (Lipinski definition) is 5. The fraction of sp³-hybridized carbons (Fsp3) is 0.381. The lowest BCUT2D eigenvalue weighted by Crippen LogP contribution is -2.40. The predicted octanol–water partition coefficient (Wildman–Crippen LogP) is 3.44. The molecule has 1 aromatic carbocycles. The summed E-state index contributed by atoms with van der Waals surface area (Å²) in [6, 6.07) is 6.83. The van der Waals surface area contributed by atoms with Gasteiger partial charge in [0.15, 0.2) is 0 Å². The average molecular weight is 379 g/mol. The van der Waals surface area contributed by atoms with E-state index in [0.717, 1.165) is 40.4 Å². The quantitative estimate of drug-likeness (QED) is 0.827. The lowest BCUT2D eigenvalue weighted by atomic mass is 9.95. The molecule has 2 aliphatic heterocycles. The number of nitrogens with one attached hydrogen (secondary N) is 1. The van der Waals surface area contributed by atoms with Crippen LogP contribution in [-0.4, -0.2) is 29.1 Å². The Morgan fingerprint density at radius 2 is 1.96 bits per heavy atom. The highest BCUT2D eigenvalue weighted by Crippen LogP contribution is 2.59. The van der Waals surface area contributed by atoms with Gasteiger partial charge in [0.2, 0.25) is 0 Å². The maximum atomic E-state index is 12.4. The number of imide groups is 1. The van der Waals surface area contributed by atoms with Crippen LogP contribution in [0.2, 0.25) is 0 Å². The number of benzene rings is 1. The average Bonchev–Trinajstić information content (AvgIpc) is 3.26. The first-order valence-corrected chi connectivity index (χ1v) is 9.38. The van der Waals surface area contributed by atoms with Crippen LogP contribution in [0.3, 0.4) is 0 Å². The van der Waals surface area contributed by atoms with Gasteiger partial charge in [-0.2, -0.15) is 0 Å². The van der Waals surface area contributed by atoms with E-state index in [-0.39, 0.29) is 17.1 Å². The number of aryl methyl sites for hydroxylation is 1. The van der Waals surface area contributed by atoms with Crippen LogP contribution < -0.4 is 19.7 Å². The molecule has 28 heavy (non-hydrogen) atoms. The summed E-state index contributed by atoms with van der Waals surface area (Å²) >= 11 is 0. The van der Waals surface area contributed by atoms with Gasteiger partial charge in [-0.1, -0.05) is 6.07 Å². The number of nitrogens with zero attached hydrogens (tertiary/aromatic N) is 2. The summed E-state index contributed by atoms with van der Waals surface area (Å²) in [4.78, 5) is 29.9. The molecule has 3 amide bonds. The number of rotatable bonds is 3. The molecular formula is C21H21N3O4. The van der Waals surface area contributed by atoms with Gasteiger partial charge in [0.1, 0.15) is 28.6 Å². The van der Waals surface area contributed by atoms with Crippen molar-refractivity contribution in [1.29, 1.82) is 0 Å². The van der Waals surface area contributed by atoms with Crippen LogP contribution >= 0.6 is 0 Å². The SMILES string of the molecule is Cc1ccc(Oc2ccc(N3C(=O)NC(C)(C)C3=O)nc2)c2c1OCC21CC1. The molecule has 0 atom stereocenters. The van der Waals surface area contributed by atoms with Crippen molar-refractivity contribution in [2.75, 3.05) is 11.5 Å². The van der Waals surface area contributed by atoms with Gasteiger partial charge in [0, 0.05) is 11.0 Å². The molecule has 2 fully saturated rings. The van der Waals surface area contributed by atoms with Gasteiger partial charge in [-0.3, -0.25) is 4.79 Å². The van der Waals surface area contributed by atoms with Gasteiger partial charge in [0.05, 0.1) is 12.8 Å². The molecule has 7 heteroatoms. The molecule has 1 N–H and O–H groups in total. The van der Waals surface area contributed by atoms with Crippen molar-refractivity contribution in [2.45, 2.75) is 44.6 Å². The highest BCUT2D eigenvalue weighted by atomic mass is 16.5. The van der Waals surface area contributed by atoms with Crippen LogP contribution in [0.25, 0.3) is 0 Å². The van der Waals surface area contributed by atoms with Crippen molar-refractivity contribution in [1.82, 2.24) is 10.3 Å².